The van der Waals surface area contributed by atoms with Crippen LogP contribution in [0, 0.1) is 11.3 Å². The number of ether oxygens (including phenoxy) is 1. The van der Waals surface area contributed by atoms with E-state index in [1.54, 1.807) is 24.3 Å². The van der Waals surface area contributed by atoms with Gasteiger partial charge in [0.25, 0.3) is 0 Å². The minimum Gasteiger partial charge on any atom is -0.493 e. The summed E-state index contributed by atoms with van der Waals surface area (Å²) in [5.74, 6) is 1.11. The van der Waals surface area contributed by atoms with Crippen molar-refractivity contribution in [3.05, 3.63) is 40.2 Å². The van der Waals surface area contributed by atoms with Crippen LogP contribution in [0.15, 0.2) is 33.5 Å². The molecule has 0 atom stereocenters. The lowest BCUT2D eigenvalue weighted by Gasteiger charge is -2.05. The second kappa shape index (κ2) is 5.56. The highest BCUT2D eigenvalue weighted by atomic mass is 35.5. The maximum absolute atomic E-state index is 11.7. The predicted molar refractivity (Wildman–Crippen MR) is 68.0 cm³/mol. The largest absolute Gasteiger partial charge is 0.493 e. The fourth-order valence-electron chi connectivity index (χ4n) is 1.52. The van der Waals surface area contributed by atoms with Crippen LogP contribution in [0.2, 0.25) is 0 Å². The molecule has 1 aromatic heterocycles. The number of halogens is 1. The highest BCUT2D eigenvalue weighted by molar-refractivity contribution is 6.17. The molecule has 0 aliphatic carbocycles. The minimum absolute atomic E-state index is 0.00888. The van der Waals surface area contributed by atoms with Crippen LogP contribution in [-0.4, -0.2) is 12.5 Å². The summed E-state index contributed by atoms with van der Waals surface area (Å²) in [6, 6.07) is 7.90. The molecule has 0 spiro atoms. The molecule has 0 radical (unpaired) electrons. The Bertz CT molecular complexity index is 657. The van der Waals surface area contributed by atoms with Crippen LogP contribution < -0.4 is 10.2 Å². The molecule has 0 unspecified atom stereocenters. The Labute approximate surface area is 108 Å². The molecule has 0 saturated heterocycles. The second-order valence-corrected chi connectivity index (χ2v) is 4.01. The molecule has 0 N–H and O–H groups in total. The molecule has 2 rings (SSSR count). The molecule has 18 heavy (non-hydrogen) atoms. The summed E-state index contributed by atoms with van der Waals surface area (Å²) in [5.41, 5.74) is 0.113. The Morgan fingerprint density at radius 3 is 2.94 bits per heavy atom. The molecular formula is C13H10ClNO3. The average Bonchev–Trinajstić information content (AvgIpc) is 2.38. The minimum atomic E-state index is -0.236. The number of hydrogen-bond acceptors (Lipinski definition) is 4. The highest BCUT2D eigenvalue weighted by Crippen LogP contribution is 2.19. The lowest BCUT2D eigenvalue weighted by molar-refractivity contribution is 0.318. The van der Waals surface area contributed by atoms with Gasteiger partial charge in [-0.25, -0.2) is 0 Å². The van der Waals surface area contributed by atoms with Crippen LogP contribution in [0.25, 0.3) is 11.0 Å². The van der Waals surface area contributed by atoms with Gasteiger partial charge in [0.15, 0.2) is 5.43 Å². The lowest BCUT2D eigenvalue weighted by Crippen LogP contribution is -2.02. The monoisotopic (exact) mass is 263 g/mol. The van der Waals surface area contributed by atoms with E-state index in [0.717, 1.165) is 6.42 Å². The Morgan fingerprint density at radius 2 is 2.22 bits per heavy atom. The number of hydrogen-bond donors (Lipinski definition) is 0. The molecule has 5 heteroatoms. The van der Waals surface area contributed by atoms with Gasteiger partial charge in [-0.05, 0) is 18.6 Å². The van der Waals surface area contributed by atoms with Crippen molar-refractivity contribution in [1.29, 1.82) is 5.26 Å². The Kier molecular flexibility index (Phi) is 3.85. The first kappa shape index (κ1) is 12.5. The van der Waals surface area contributed by atoms with Crippen molar-refractivity contribution in [2.24, 2.45) is 0 Å². The third kappa shape index (κ3) is 2.63. The summed E-state index contributed by atoms with van der Waals surface area (Å²) >= 11 is 5.55. The van der Waals surface area contributed by atoms with E-state index in [1.165, 1.54) is 6.07 Å². The van der Waals surface area contributed by atoms with E-state index in [4.69, 9.17) is 26.0 Å². The topological polar surface area (TPSA) is 63.2 Å². The van der Waals surface area contributed by atoms with Gasteiger partial charge in [-0.3, -0.25) is 4.79 Å². The molecule has 2 aromatic rings. The van der Waals surface area contributed by atoms with Crippen molar-refractivity contribution < 1.29 is 9.15 Å². The number of rotatable bonds is 4. The van der Waals surface area contributed by atoms with Crippen molar-refractivity contribution >= 4 is 22.6 Å². The molecular weight excluding hydrogens is 254 g/mol. The molecule has 4 nitrogen and oxygen atoms in total. The third-order valence-electron chi connectivity index (χ3n) is 2.36. The zero-order chi connectivity index (χ0) is 13.0. The van der Waals surface area contributed by atoms with Crippen LogP contribution in [0.5, 0.6) is 5.75 Å². The van der Waals surface area contributed by atoms with Crippen LogP contribution in [0.3, 0.4) is 0 Å². The van der Waals surface area contributed by atoms with E-state index in [-0.39, 0.29) is 11.2 Å². The predicted octanol–water partition coefficient (Wildman–Crippen LogP) is 2.67. The fraction of sp³-hybridized carbons (Fsp3) is 0.231. The standard InChI is InChI=1S/C13H10ClNO3/c14-4-1-5-17-9-2-3-11-12(16)6-10(8-15)18-13(11)7-9/h2-3,6-7H,1,4-5H2. The van der Waals surface area contributed by atoms with E-state index < -0.39 is 0 Å². The second-order valence-electron chi connectivity index (χ2n) is 3.64. The molecule has 1 aromatic carbocycles. The molecule has 0 fully saturated rings. The van der Waals surface area contributed by atoms with E-state index in [1.807, 2.05) is 0 Å². The first-order chi connectivity index (χ1) is 8.74. The zero-order valence-electron chi connectivity index (χ0n) is 9.48. The van der Waals surface area contributed by atoms with E-state index in [9.17, 15) is 4.79 Å². The van der Waals surface area contributed by atoms with Gasteiger partial charge in [-0.1, -0.05) is 0 Å². The summed E-state index contributed by atoms with van der Waals surface area (Å²) in [5, 5.41) is 9.16. The maximum Gasteiger partial charge on any atom is 0.207 e. The fourth-order valence-corrected chi connectivity index (χ4v) is 1.63. The number of benzene rings is 1. The number of alkyl halides is 1. The first-order valence-electron chi connectivity index (χ1n) is 5.41. The first-order valence-corrected chi connectivity index (χ1v) is 5.95. The molecule has 1 heterocycles. The lowest BCUT2D eigenvalue weighted by atomic mass is 10.2. The van der Waals surface area contributed by atoms with Gasteiger partial charge in [0, 0.05) is 18.0 Å². The molecule has 0 aliphatic heterocycles. The zero-order valence-corrected chi connectivity index (χ0v) is 10.2. The SMILES string of the molecule is N#Cc1cc(=O)c2ccc(OCCCCl)cc2o1. The highest BCUT2D eigenvalue weighted by Gasteiger charge is 2.05. The van der Waals surface area contributed by atoms with Gasteiger partial charge in [0.2, 0.25) is 5.76 Å². The van der Waals surface area contributed by atoms with Gasteiger partial charge < -0.3 is 9.15 Å². The third-order valence-corrected chi connectivity index (χ3v) is 2.62. The summed E-state index contributed by atoms with van der Waals surface area (Å²) in [6.45, 7) is 0.497. The molecule has 0 amide bonds. The van der Waals surface area contributed by atoms with Crippen LogP contribution in [-0.2, 0) is 0 Å². The van der Waals surface area contributed by atoms with E-state index >= 15 is 0 Å². The number of nitrogens with zero attached hydrogens (tertiary/aromatic N) is 1. The van der Waals surface area contributed by atoms with Gasteiger partial charge in [0.05, 0.1) is 12.0 Å². The summed E-state index contributed by atoms with van der Waals surface area (Å²) in [6.07, 6.45) is 0.738. The summed E-state index contributed by atoms with van der Waals surface area (Å²) in [7, 11) is 0. The maximum atomic E-state index is 11.7. The normalized spacial score (nSPS) is 10.2. The average molecular weight is 264 g/mol. The number of nitriles is 1. The Balaban J connectivity index is 2.38. The van der Waals surface area contributed by atoms with Gasteiger partial charge >= 0.3 is 0 Å². The van der Waals surface area contributed by atoms with E-state index in [0.29, 0.717) is 29.2 Å². The van der Waals surface area contributed by atoms with E-state index in [2.05, 4.69) is 0 Å². The molecule has 92 valence electrons. The van der Waals surface area contributed by atoms with Gasteiger partial charge in [-0.2, -0.15) is 5.26 Å². The van der Waals surface area contributed by atoms with Crippen molar-refractivity contribution in [1.82, 2.24) is 0 Å². The smallest absolute Gasteiger partial charge is 0.207 e. The van der Waals surface area contributed by atoms with Crippen LogP contribution >= 0.6 is 11.6 Å². The van der Waals surface area contributed by atoms with Crippen molar-refractivity contribution in [2.45, 2.75) is 6.42 Å². The van der Waals surface area contributed by atoms with Crippen LogP contribution in [0.1, 0.15) is 12.2 Å². The Morgan fingerprint density at radius 1 is 1.39 bits per heavy atom. The van der Waals surface area contributed by atoms with Gasteiger partial charge in [0.1, 0.15) is 17.4 Å². The molecule has 0 aliphatic rings. The van der Waals surface area contributed by atoms with Crippen molar-refractivity contribution in [3.8, 4) is 11.8 Å². The summed E-state index contributed by atoms with van der Waals surface area (Å²) in [4.78, 5) is 11.7. The number of fused-ring (bicyclic) bond motifs is 1. The van der Waals surface area contributed by atoms with Gasteiger partial charge in [-0.15, -0.1) is 11.6 Å². The molecule has 0 bridgehead atoms. The quantitative estimate of drug-likeness (QED) is 0.628. The molecule has 0 saturated carbocycles. The van der Waals surface area contributed by atoms with Crippen molar-refractivity contribution in [2.75, 3.05) is 12.5 Å². The van der Waals surface area contributed by atoms with Crippen LogP contribution in [0.4, 0.5) is 0 Å². The van der Waals surface area contributed by atoms with Crippen molar-refractivity contribution in [3.63, 3.8) is 0 Å². The summed E-state index contributed by atoms with van der Waals surface area (Å²) < 4.78 is 10.7. The Hall–Kier alpha value is -1.99.